The van der Waals surface area contributed by atoms with Gasteiger partial charge in [0.05, 0.1) is 46.6 Å². The lowest BCUT2D eigenvalue weighted by atomic mass is 9.69. The summed E-state index contributed by atoms with van der Waals surface area (Å²) in [6.07, 6.45) is 0. The average Bonchev–Trinajstić information content (AvgIpc) is 3.87. The molecule has 3 heterocycles. The number of hydrogen-bond acceptors (Lipinski definition) is 0. The van der Waals surface area contributed by atoms with Gasteiger partial charge in [-0.15, -0.1) is 10.9 Å². The Morgan fingerprint density at radius 2 is 0.782 bits per heavy atom. The van der Waals surface area contributed by atoms with Crippen molar-refractivity contribution in [2.24, 2.45) is 0 Å². The molecule has 0 aliphatic carbocycles. The molecule has 246 valence electrons. The van der Waals surface area contributed by atoms with Crippen LogP contribution in [0.3, 0.4) is 0 Å². The van der Waals surface area contributed by atoms with Gasteiger partial charge < -0.3 is 13.7 Å². The third-order valence-corrected chi connectivity index (χ3v) is 11.1. The molecule has 11 aromatic rings. The highest BCUT2D eigenvalue weighted by molar-refractivity contribution is 6.58. The van der Waals surface area contributed by atoms with Crippen LogP contribution in [0.25, 0.3) is 93.3 Å². The summed E-state index contributed by atoms with van der Waals surface area (Å²) in [5, 5.41) is 9.29. The highest BCUT2D eigenvalue weighted by Crippen LogP contribution is 2.45. The number of para-hydroxylation sites is 4. The van der Waals surface area contributed by atoms with E-state index in [1.165, 1.54) is 39.4 Å². The first-order valence-electron chi connectivity index (χ1n) is 18.3. The number of aromatic nitrogens is 3. The van der Waals surface area contributed by atoms with Crippen LogP contribution in [-0.4, -0.2) is 52.9 Å². The summed E-state index contributed by atoms with van der Waals surface area (Å²) in [6, 6.07) is 53.5. The van der Waals surface area contributed by atoms with E-state index in [-0.39, 0.29) is 0 Å². The largest absolute Gasteiger partial charge is 0.310 e. The second kappa shape index (κ2) is 12.7. The van der Waals surface area contributed by atoms with E-state index >= 15 is 0 Å². The smallest absolute Gasteiger partial charge is 0.115 e. The average molecular weight is 689 g/mol. The maximum absolute atomic E-state index is 6.77. The molecule has 11 rings (SSSR count). The van der Waals surface area contributed by atoms with Gasteiger partial charge in [-0.1, -0.05) is 121 Å². The highest BCUT2D eigenvalue weighted by Gasteiger charge is 2.24. The number of nitrogens with zero attached hydrogens (tertiary/aromatic N) is 3. The number of fused-ring (bicyclic) bond motifs is 12. The molecule has 0 aliphatic rings. The van der Waals surface area contributed by atoms with E-state index in [0.717, 1.165) is 55.0 Å². The van der Waals surface area contributed by atoms with Gasteiger partial charge in [0.25, 0.3) is 0 Å². The van der Waals surface area contributed by atoms with Crippen molar-refractivity contribution in [3.05, 3.63) is 152 Å². The maximum Gasteiger partial charge on any atom is 0.115 e. The van der Waals surface area contributed by atoms with Crippen molar-refractivity contribution >= 4 is 137 Å². The van der Waals surface area contributed by atoms with E-state index in [4.69, 9.17) is 31.4 Å². The Balaban J connectivity index is 0.00000183. The quantitative estimate of drug-likeness (QED) is 0.171. The standard InChI is InChI=1S/C46H25B4N3.CH3B/c47-32-24-33(48)45(50)46(44(32)49)53-36-21-11-6-16-29(36)41-28-15-5-4-14-27(28)39(25-40(41)53)52-35-20-10-8-18-31(35)43-38(52)23-22-37-42(43)30-17-7-9-19-34(30)51(37)26-12-2-1-3-13-26;1-2/h1-25H;1H3. The first-order chi connectivity index (χ1) is 27.0. The lowest BCUT2D eigenvalue weighted by Crippen LogP contribution is -2.43. The molecule has 0 saturated carbocycles. The predicted octanol–water partition coefficient (Wildman–Crippen LogP) is 7.51. The van der Waals surface area contributed by atoms with Gasteiger partial charge in [0, 0.05) is 49.1 Å². The lowest BCUT2D eigenvalue weighted by molar-refractivity contribution is 1.17. The van der Waals surface area contributed by atoms with Gasteiger partial charge in [-0.05, 0) is 53.9 Å². The molecule has 10 radical (unpaired) electrons. The Morgan fingerprint density at radius 3 is 1.36 bits per heavy atom. The summed E-state index contributed by atoms with van der Waals surface area (Å²) >= 11 is 0. The highest BCUT2D eigenvalue weighted by atomic mass is 15.0. The molecule has 3 aromatic heterocycles. The zero-order chi connectivity index (χ0) is 37.5. The molecule has 0 atom stereocenters. The molecule has 0 fully saturated rings. The van der Waals surface area contributed by atoms with Gasteiger partial charge in [-0.25, -0.2) is 0 Å². The third-order valence-electron chi connectivity index (χ3n) is 11.1. The van der Waals surface area contributed by atoms with Crippen LogP contribution in [0.5, 0.6) is 0 Å². The molecule has 0 N–H and O–H groups in total. The van der Waals surface area contributed by atoms with Crippen LogP contribution in [0.2, 0.25) is 6.82 Å². The monoisotopic (exact) mass is 689 g/mol. The molecule has 0 aliphatic heterocycles. The predicted molar refractivity (Wildman–Crippen MR) is 240 cm³/mol. The van der Waals surface area contributed by atoms with Crippen molar-refractivity contribution in [3.8, 4) is 17.1 Å². The first-order valence-corrected chi connectivity index (χ1v) is 18.3. The van der Waals surface area contributed by atoms with Crippen LogP contribution in [0.4, 0.5) is 0 Å². The normalized spacial score (nSPS) is 11.7. The van der Waals surface area contributed by atoms with Crippen LogP contribution >= 0.6 is 0 Å². The van der Waals surface area contributed by atoms with E-state index in [2.05, 4.69) is 161 Å². The molecule has 0 amide bonds. The second-order valence-corrected chi connectivity index (χ2v) is 13.8. The Labute approximate surface area is 325 Å². The molecule has 0 saturated heterocycles. The third kappa shape index (κ3) is 4.64. The summed E-state index contributed by atoms with van der Waals surface area (Å²) in [5.41, 5.74) is 10.8. The first kappa shape index (κ1) is 33.3. The molecule has 55 heavy (non-hydrogen) atoms. The van der Waals surface area contributed by atoms with Gasteiger partial charge in [-0.2, -0.15) is 0 Å². The van der Waals surface area contributed by atoms with Crippen molar-refractivity contribution in [2.75, 3.05) is 0 Å². The summed E-state index contributed by atoms with van der Waals surface area (Å²) in [5.74, 6) is 0. The van der Waals surface area contributed by atoms with Crippen LogP contribution in [0.15, 0.2) is 152 Å². The number of benzene rings is 8. The van der Waals surface area contributed by atoms with Gasteiger partial charge in [0.1, 0.15) is 31.4 Å². The minimum Gasteiger partial charge on any atom is -0.310 e. The van der Waals surface area contributed by atoms with Crippen LogP contribution < -0.4 is 21.9 Å². The van der Waals surface area contributed by atoms with Crippen molar-refractivity contribution in [2.45, 2.75) is 6.82 Å². The number of hydrogen-bond donors (Lipinski definition) is 0. The lowest BCUT2D eigenvalue weighted by Gasteiger charge is -2.21. The molecular formula is C47H28B5N3. The zero-order valence-corrected chi connectivity index (χ0v) is 30.2. The van der Waals surface area contributed by atoms with Crippen molar-refractivity contribution < 1.29 is 0 Å². The Hall–Kier alpha value is -6.26. The fourth-order valence-electron chi connectivity index (χ4n) is 8.85. The van der Waals surface area contributed by atoms with Crippen LogP contribution in [0.1, 0.15) is 0 Å². The van der Waals surface area contributed by atoms with Crippen LogP contribution in [-0.2, 0) is 0 Å². The van der Waals surface area contributed by atoms with E-state index in [1.807, 2.05) is 6.07 Å². The minimum atomic E-state index is 0.389. The molecular weight excluding hydrogens is 661 g/mol. The maximum atomic E-state index is 6.77. The topological polar surface area (TPSA) is 14.8 Å². The SMILES string of the molecule is [B]C.[B]c1cc([B])c([B])c(-n2c3ccccc3c3c4ccccc4c(-n4c5ccccc5c5c6c7ccccc7n(-c7ccccc7)c6ccc54)cc32)c1[B]. The molecule has 0 unspecified atom stereocenters. The van der Waals surface area contributed by atoms with Crippen molar-refractivity contribution in [1.82, 2.24) is 13.7 Å². The summed E-state index contributed by atoms with van der Waals surface area (Å²) in [7, 11) is 30.9. The Morgan fingerprint density at radius 1 is 0.345 bits per heavy atom. The van der Waals surface area contributed by atoms with E-state index < -0.39 is 0 Å². The molecule has 0 bridgehead atoms. The molecule has 0 spiro atoms. The number of rotatable bonds is 3. The molecule has 8 aromatic carbocycles. The van der Waals surface area contributed by atoms with E-state index in [0.29, 0.717) is 27.5 Å². The van der Waals surface area contributed by atoms with Crippen molar-refractivity contribution in [3.63, 3.8) is 0 Å². The minimum absolute atomic E-state index is 0.389. The van der Waals surface area contributed by atoms with Crippen LogP contribution in [0, 0.1) is 0 Å². The van der Waals surface area contributed by atoms with Gasteiger partial charge in [-0.3, -0.25) is 0 Å². The summed E-state index contributed by atoms with van der Waals surface area (Å²) in [6.45, 7) is 1.50. The van der Waals surface area contributed by atoms with Crippen molar-refractivity contribution in [1.29, 1.82) is 0 Å². The van der Waals surface area contributed by atoms with E-state index in [9.17, 15) is 0 Å². The summed E-state index contributed by atoms with van der Waals surface area (Å²) < 4.78 is 6.93. The summed E-state index contributed by atoms with van der Waals surface area (Å²) in [4.78, 5) is 0. The van der Waals surface area contributed by atoms with Gasteiger partial charge in [0.15, 0.2) is 0 Å². The van der Waals surface area contributed by atoms with Gasteiger partial charge in [0.2, 0.25) is 0 Å². The fourth-order valence-corrected chi connectivity index (χ4v) is 8.85. The van der Waals surface area contributed by atoms with Gasteiger partial charge >= 0.3 is 0 Å². The fraction of sp³-hybridized carbons (Fsp3) is 0.0213. The van der Waals surface area contributed by atoms with E-state index in [1.54, 1.807) is 6.07 Å². The second-order valence-electron chi connectivity index (χ2n) is 13.8. The Kier molecular flexibility index (Phi) is 7.68. The Bertz CT molecular complexity index is 3310. The molecule has 3 nitrogen and oxygen atoms in total. The zero-order valence-electron chi connectivity index (χ0n) is 30.2. The molecule has 8 heteroatoms.